The van der Waals surface area contributed by atoms with Gasteiger partial charge in [-0.05, 0) is 48.2 Å². The topological polar surface area (TPSA) is 87.1 Å². The summed E-state index contributed by atoms with van der Waals surface area (Å²) in [4.78, 5) is 1.99. The molecule has 0 fully saturated rings. The molecule has 7 heteroatoms. The number of rotatable bonds is 2. The zero-order valence-corrected chi connectivity index (χ0v) is 13.5. The van der Waals surface area contributed by atoms with Crippen molar-refractivity contribution in [2.45, 2.75) is 18.9 Å². The number of aromatic hydroxyl groups is 1. The molecule has 126 valence electrons. The van der Waals surface area contributed by atoms with Gasteiger partial charge in [-0.15, -0.1) is 0 Å². The summed E-state index contributed by atoms with van der Waals surface area (Å²) in [5.74, 6) is -1.70. The summed E-state index contributed by atoms with van der Waals surface area (Å²) in [5, 5.41) is 10.8. The summed E-state index contributed by atoms with van der Waals surface area (Å²) in [6.45, 7) is 0.603. The molecule has 0 unspecified atom stereocenters. The summed E-state index contributed by atoms with van der Waals surface area (Å²) in [6, 6.07) is -2.16. The second-order valence-corrected chi connectivity index (χ2v) is 6.91. The van der Waals surface area contributed by atoms with Crippen molar-refractivity contribution in [2.24, 2.45) is 0 Å². The number of fused-ring (bicyclic) bond motifs is 2. The molecule has 0 saturated heterocycles. The fraction of sp³-hybridized carbons (Fsp3) is 0.294. The van der Waals surface area contributed by atoms with Gasteiger partial charge in [0.05, 0.1) is 6.85 Å². The Morgan fingerprint density at radius 3 is 2.83 bits per heavy atom. The Morgan fingerprint density at radius 1 is 1.29 bits per heavy atom. The molecule has 24 heavy (non-hydrogen) atoms. The highest BCUT2D eigenvalue weighted by atomic mass is 32.3. The lowest BCUT2D eigenvalue weighted by Crippen LogP contribution is -2.35. The van der Waals surface area contributed by atoms with E-state index in [1.54, 1.807) is 0 Å². The van der Waals surface area contributed by atoms with Crippen molar-refractivity contribution in [1.82, 2.24) is 4.90 Å². The molecule has 0 aromatic heterocycles. The van der Waals surface area contributed by atoms with E-state index in [1.165, 1.54) is 0 Å². The first kappa shape index (κ1) is 10.7. The highest BCUT2D eigenvalue weighted by molar-refractivity contribution is 7.81. The van der Waals surface area contributed by atoms with Gasteiger partial charge in [-0.1, -0.05) is 24.2 Å². The van der Waals surface area contributed by atoms with E-state index in [4.69, 9.17) is 11.4 Å². The number of nitrogens with zero attached hydrogens (tertiary/aromatic N) is 1. The van der Waals surface area contributed by atoms with E-state index in [1.807, 2.05) is 11.9 Å². The maximum atomic E-state index is 11.2. The van der Waals surface area contributed by atoms with Crippen LogP contribution in [0.25, 0.3) is 11.1 Å². The molecule has 2 N–H and O–H groups in total. The van der Waals surface area contributed by atoms with Crippen molar-refractivity contribution < 1.29 is 29.1 Å². The molecule has 0 saturated carbocycles. The molecule has 0 spiro atoms. The van der Waals surface area contributed by atoms with Gasteiger partial charge in [0, 0.05) is 18.2 Å². The number of benzene rings is 2. The summed E-state index contributed by atoms with van der Waals surface area (Å²) in [6.07, 6.45) is 0.668. The van der Waals surface area contributed by atoms with Crippen molar-refractivity contribution in [2.75, 3.05) is 13.6 Å². The maximum Gasteiger partial charge on any atom is 0.446 e. The minimum Gasteiger partial charge on any atom is -0.504 e. The van der Waals surface area contributed by atoms with Gasteiger partial charge in [0.1, 0.15) is 0 Å². The maximum absolute atomic E-state index is 11.2. The third-order valence-corrected chi connectivity index (χ3v) is 4.87. The highest BCUT2D eigenvalue weighted by Crippen LogP contribution is 2.50. The largest absolute Gasteiger partial charge is 0.504 e. The van der Waals surface area contributed by atoms with Crippen LogP contribution in [0.5, 0.6) is 11.5 Å². The number of hydrogen-bond acceptors (Lipinski definition) is 5. The van der Waals surface area contributed by atoms with Crippen LogP contribution in [0.4, 0.5) is 0 Å². The van der Waals surface area contributed by atoms with Crippen LogP contribution in [0.1, 0.15) is 29.6 Å². The fourth-order valence-electron chi connectivity index (χ4n) is 3.43. The van der Waals surface area contributed by atoms with E-state index >= 15 is 0 Å². The first-order chi connectivity index (χ1) is 13.4. The van der Waals surface area contributed by atoms with Crippen LogP contribution in [0.2, 0.25) is 0 Å². The molecule has 1 heterocycles. The molecule has 1 aliphatic carbocycles. The normalized spacial score (nSPS) is 22.4. The van der Waals surface area contributed by atoms with E-state index in [0.717, 1.165) is 0 Å². The standard InChI is InChI=1S/C17H17NO5S/c1-18-8-7-10-3-2-4-12-15(10)13(18)9-11-5-6-14(17(19)16(11)12)23-24(20,21)22/h2-6,13,19H,7-9H2,1H3,(H,20,21,22)/t13-/m1/s1/i2D,3D,4D,5D,6D. The third kappa shape index (κ3) is 2.36. The summed E-state index contributed by atoms with van der Waals surface area (Å²) < 4.78 is 76.9. The quantitative estimate of drug-likeness (QED) is 0.807. The second kappa shape index (κ2) is 5.20. The second-order valence-electron chi connectivity index (χ2n) is 5.89. The van der Waals surface area contributed by atoms with Crippen LogP contribution in [-0.2, 0) is 23.2 Å². The van der Waals surface area contributed by atoms with E-state index < -0.39 is 34.0 Å². The van der Waals surface area contributed by atoms with Crippen molar-refractivity contribution in [3.63, 3.8) is 0 Å². The van der Waals surface area contributed by atoms with Crippen molar-refractivity contribution >= 4 is 10.4 Å². The van der Waals surface area contributed by atoms with Crippen LogP contribution in [0.3, 0.4) is 0 Å². The Balaban J connectivity index is 2.15. The predicted molar refractivity (Wildman–Crippen MR) is 88.5 cm³/mol. The van der Waals surface area contributed by atoms with E-state index in [2.05, 4.69) is 4.18 Å². The van der Waals surface area contributed by atoms with Gasteiger partial charge >= 0.3 is 10.4 Å². The Morgan fingerprint density at radius 2 is 2.08 bits per heavy atom. The zero-order valence-electron chi connectivity index (χ0n) is 17.7. The molecule has 6 nitrogen and oxygen atoms in total. The lowest BCUT2D eigenvalue weighted by atomic mass is 9.77. The van der Waals surface area contributed by atoms with E-state index in [9.17, 15) is 13.5 Å². The molecule has 0 bridgehead atoms. The van der Waals surface area contributed by atoms with E-state index in [-0.39, 0.29) is 47.3 Å². The van der Waals surface area contributed by atoms with Gasteiger partial charge < -0.3 is 9.29 Å². The molecular weight excluding hydrogens is 330 g/mol. The van der Waals surface area contributed by atoms with Crippen LogP contribution >= 0.6 is 0 Å². The number of hydrogen-bond donors (Lipinski definition) is 2. The van der Waals surface area contributed by atoms with Gasteiger partial charge in [-0.2, -0.15) is 8.42 Å². The number of likely N-dealkylation sites (N-methyl/N-ethyl adjacent to an activating group) is 1. The SMILES string of the molecule is [2H]c1c([2H])c2c3c(c1[2H])-c1c(O)c(OS(=O)(=O)O)c([2H])c([2H])c1C[C@H]3N(C)CC2. The third-order valence-electron chi connectivity index (χ3n) is 4.49. The average molecular weight is 352 g/mol. The molecule has 0 amide bonds. The molecule has 4 rings (SSSR count). The van der Waals surface area contributed by atoms with Gasteiger partial charge in [0.2, 0.25) is 0 Å². The van der Waals surface area contributed by atoms with E-state index in [0.29, 0.717) is 24.1 Å². The van der Waals surface area contributed by atoms with Crippen molar-refractivity contribution in [3.05, 3.63) is 46.9 Å². The Labute approximate surface area is 147 Å². The molecule has 2 aliphatic rings. The summed E-state index contributed by atoms with van der Waals surface area (Å²) in [5.41, 5.74) is 1.45. The molecule has 2 aromatic carbocycles. The molecular formula is C17H17NO5S. The first-order valence-corrected chi connectivity index (χ1v) is 8.65. The Kier molecular flexibility index (Phi) is 2.32. The molecule has 2 aromatic rings. The van der Waals surface area contributed by atoms with Gasteiger partial charge in [-0.25, -0.2) is 0 Å². The molecule has 0 radical (unpaired) electrons. The number of phenolic OH excluding ortho intramolecular Hbond substituents is 1. The van der Waals surface area contributed by atoms with Crippen LogP contribution < -0.4 is 4.18 Å². The minimum absolute atomic E-state index is 0.0626. The monoisotopic (exact) mass is 352 g/mol. The Bertz CT molecular complexity index is 1180. The number of phenols is 1. The lowest BCUT2D eigenvalue weighted by molar-refractivity contribution is 0.228. The minimum atomic E-state index is -5.07. The lowest BCUT2D eigenvalue weighted by Gasteiger charge is -2.39. The molecule has 1 aliphatic heterocycles. The smallest absolute Gasteiger partial charge is 0.446 e. The molecule has 1 atom stereocenters. The van der Waals surface area contributed by atoms with Gasteiger partial charge in [-0.3, -0.25) is 9.45 Å². The van der Waals surface area contributed by atoms with Crippen molar-refractivity contribution in [1.29, 1.82) is 0 Å². The Hall–Kier alpha value is -2.09. The first-order valence-electron chi connectivity index (χ1n) is 9.79. The van der Waals surface area contributed by atoms with Crippen LogP contribution in [0.15, 0.2) is 30.2 Å². The van der Waals surface area contributed by atoms with Crippen molar-refractivity contribution in [3.8, 4) is 22.6 Å². The average Bonchev–Trinajstić information content (AvgIpc) is 2.65. The predicted octanol–water partition coefficient (Wildman–Crippen LogP) is 2.33. The van der Waals surface area contributed by atoms with Crippen LogP contribution in [0, 0.1) is 0 Å². The zero-order chi connectivity index (χ0) is 21.4. The van der Waals surface area contributed by atoms with Gasteiger partial charge in [0.15, 0.2) is 11.5 Å². The fourth-order valence-corrected chi connectivity index (χ4v) is 3.76. The van der Waals surface area contributed by atoms with Crippen LogP contribution in [-0.4, -0.2) is 36.6 Å². The highest BCUT2D eigenvalue weighted by Gasteiger charge is 2.34. The van der Waals surface area contributed by atoms with Gasteiger partial charge in [0.25, 0.3) is 0 Å². The summed E-state index contributed by atoms with van der Waals surface area (Å²) in [7, 11) is -3.22. The summed E-state index contributed by atoms with van der Waals surface area (Å²) >= 11 is 0.